The number of halogens is 2. The molecule has 1 heterocycles. The van der Waals surface area contributed by atoms with Crippen molar-refractivity contribution < 1.29 is 53.7 Å². The summed E-state index contributed by atoms with van der Waals surface area (Å²) in [6.07, 6.45) is 0. The van der Waals surface area contributed by atoms with Crippen LogP contribution in [0.2, 0.25) is 0 Å². The van der Waals surface area contributed by atoms with E-state index in [9.17, 15) is 28.0 Å². The Labute approximate surface area is 139 Å². The van der Waals surface area contributed by atoms with Crippen LogP contribution in [0.25, 0.3) is 11.1 Å². The molecule has 11 heteroatoms. The van der Waals surface area contributed by atoms with Gasteiger partial charge in [0.15, 0.2) is 0 Å². The van der Waals surface area contributed by atoms with Crippen molar-refractivity contribution in [2.45, 2.75) is 0 Å². The molecule has 0 unspecified atom stereocenters. The van der Waals surface area contributed by atoms with Crippen molar-refractivity contribution in [2.24, 2.45) is 0 Å². The molecule has 0 saturated carbocycles. The van der Waals surface area contributed by atoms with Crippen LogP contribution in [0.1, 0.15) is 0 Å². The fraction of sp³-hybridized carbons (Fsp3) is 0. The van der Waals surface area contributed by atoms with Crippen LogP contribution in [-0.4, -0.2) is 19.0 Å². The molecular formula is C12H8Cl2O8Te. The Balaban J connectivity index is 2.29. The average Bonchev–Trinajstić information content (AvgIpc) is 2.67. The van der Waals surface area contributed by atoms with Crippen molar-refractivity contribution in [3.8, 4) is 11.1 Å². The second kappa shape index (κ2) is 5.79. The zero-order valence-corrected chi connectivity index (χ0v) is 14.9. The molecule has 0 saturated heterocycles. The van der Waals surface area contributed by atoms with Gasteiger partial charge in [-0.3, -0.25) is 0 Å². The molecule has 0 N–H and O–H groups in total. The maximum absolute atomic E-state index is 11.2. The molecule has 0 aromatic heterocycles. The van der Waals surface area contributed by atoms with Crippen molar-refractivity contribution >= 4 is 26.2 Å². The van der Waals surface area contributed by atoms with Gasteiger partial charge in [-0.2, -0.15) is 0 Å². The summed E-state index contributed by atoms with van der Waals surface area (Å²) >= 11 is -5.26. The first-order chi connectivity index (χ1) is 10.6. The van der Waals surface area contributed by atoms with Gasteiger partial charge in [-0.15, -0.1) is 0 Å². The van der Waals surface area contributed by atoms with Gasteiger partial charge in [-0.25, -0.2) is 0 Å². The number of fused-ring (bicyclic) bond motifs is 3. The molecule has 0 bridgehead atoms. The van der Waals surface area contributed by atoms with E-state index in [2.05, 4.69) is 5.31 Å². The standard InChI is InChI=1S/C12H8Cl2O8Te/c15-13(16,17)21-23(22-14(18,19)20)11-7-3-1-5-9(11)10-6-2-4-8-12(10)23/h1-8H. The normalized spacial score (nSPS) is 17.5. The topological polar surface area (TPSA) is 157 Å². The van der Waals surface area contributed by atoms with E-state index in [0.717, 1.165) is 0 Å². The van der Waals surface area contributed by atoms with E-state index >= 15 is 0 Å². The predicted octanol–water partition coefficient (Wildman–Crippen LogP) is -5.95. The molecule has 0 radical (unpaired) electrons. The first kappa shape index (κ1) is 17.3. The molecule has 0 fully saturated rings. The summed E-state index contributed by atoms with van der Waals surface area (Å²) in [5.41, 5.74) is 0.920. The van der Waals surface area contributed by atoms with Crippen molar-refractivity contribution in [2.75, 3.05) is 0 Å². The number of benzene rings is 2. The van der Waals surface area contributed by atoms with Crippen LogP contribution in [0.15, 0.2) is 48.5 Å². The third-order valence-corrected chi connectivity index (χ3v) is 14.7. The average molecular weight is 479 g/mol. The second-order valence-corrected chi connectivity index (χ2v) is 13.7. The molecule has 1 aliphatic heterocycles. The molecule has 3 rings (SSSR count). The number of hydrogen-bond acceptors (Lipinski definition) is 8. The summed E-state index contributed by atoms with van der Waals surface area (Å²) in [4.78, 5) is 0. The summed E-state index contributed by atoms with van der Waals surface area (Å²) in [6, 6.07) is 12.2. The summed E-state index contributed by atoms with van der Waals surface area (Å²) in [5.74, 6) is 0. The second-order valence-electron chi connectivity index (χ2n) is 4.38. The minimum atomic E-state index is -5.26. The monoisotopic (exact) mass is 480 g/mol. The fourth-order valence-corrected chi connectivity index (χ4v) is 14.5. The molecule has 8 nitrogen and oxygen atoms in total. The van der Waals surface area contributed by atoms with Crippen molar-refractivity contribution in [3.05, 3.63) is 48.5 Å². The summed E-state index contributed by atoms with van der Waals surface area (Å²) in [6.45, 7) is 0. The number of hydrogen-bond donors (Lipinski definition) is 0. The maximum atomic E-state index is 11.2. The van der Waals surface area contributed by atoms with Gasteiger partial charge in [0.2, 0.25) is 0 Å². The van der Waals surface area contributed by atoms with Gasteiger partial charge in [0.1, 0.15) is 0 Å². The Morgan fingerprint density at radius 2 is 0.957 bits per heavy atom. The van der Waals surface area contributed by atoms with Gasteiger partial charge in [-0.05, 0) is 0 Å². The molecular weight excluding hydrogens is 471 g/mol. The molecule has 23 heavy (non-hydrogen) atoms. The van der Waals surface area contributed by atoms with Gasteiger partial charge in [-0.1, -0.05) is 0 Å². The van der Waals surface area contributed by atoms with Gasteiger partial charge in [0.25, 0.3) is 0 Å². The van der Waals surface area contributed by atoms with Crippen molar-refractivity contribution in [3.63, 3.8) is 0 Å². The van der Waals surface area contributed by atoms with E-state index in [1.54, 1.807) is 24.3 Å². The Morgan fingerprint density at radius 3 is 1.30 bits per heavy atom. The molecule has 0 spiro atoms. The van der Waals surface area contributed by atoms with E-state index in [-0.39, 0.29) is 7.22 Å². The molecule has 0 aliphatic carbocycles. The van der Waals surface area contributed by atoms with Crippen LogP contribution < -0.4 is 35.2 Å². The zero-order chi connectivity index (χ0) is 16.9. The van der Waals surface area contributed by atoms with Crippen molar-refractivity contribution in [1.29, 1.82) is 0 Å². The van der Waals surface area contributed by atoms with Crippen LogP contribution >= 0.6 is 0 Å². The Kier molecular flexibility index (Phi) is 4.36. The fourth-order valence-electron chi connectivity index (χ4n) is 2.33. The third kappa shape index (κ3) is 3.33. The van der Waals surface area contributed by atoms with E-state index in [0.29, 0.717) is 11.1 Å². The Morgan fingerprint density at radius 1 is 0.609 bits per heavy atom. The number of rotatable bonds is 4. The quantitative estimate of drug-likeness (QED) is 0.393. The molecule has 2 aromatic rings. The molecule has 0 atom stereocenters. The molecule has 2 aromatic carbocycles. The minimum absolute atomic E-state index is 0.107. The van der Waals surface area contributed by atoms with Crippen molar-refractivity contribution in [1.82, 2.24) is 0 Å². The van der Waals surface area contributed by atoms with Crippen LogP contribution in [0.4, 0.5) is 0 Å². The Hall–Kier alpha value is -0.510. The van der Waals surface area contributed by atoms with Crippen LogP contribution in [0.3, 0.4) is 0 Å². The first-order valence-electron chi connectivity index (χ1n) is 5.88. The summed E-state index contributed by atoms with van der Waals surface area (Å²) in [7, 11) is -10.0. The SMILES string of the molecule is [O-][Cl+3]([O-])([O-])O[Te]1(O[Cl+3]([O-])([O-])[O-])c2ccccc2-c2ccccc21. The van der Waals surface area contributed by atoms with Gasteiger partial charge in [0, 0.05) is 0 Å². The Bertz CT molecular complexity index is 679. The zero-order valence-electron chi connectivity index (χ0n) is 11.0. The van der Waals surface area contributed by atoms with E-state index in [1.165, 1.54) is 24.3 Å². The van der Waals surface area contributed by atoms with E-state index in [1.807, 2.05) is 0 Å². The van der Waals surface area contributed by atoms with E-state index in [4.69, 9.17) is 0 Å². The predicted molar refractivity (Wildman–Crippen MR) is 59.1 cm³/mol. The van der Waals surface area contributed by atoms with Crippen LogP contribution in [-0.2, 0) is 5.31 Å². The summed E-state index contributed by atoms with van der Waals surface area (Å²) < 4.78 is 76.3. The van der Waals surface area contributed by atoms with Gasteiger partial charge in [0.05, 0.1) is 0 Å². The van der Waals surface area contributed by atoms with Gasteiger partial charge >= 0.3 is 140 Å². The van der Waals surface area contributed by atoms with Crippen LogP contribution in [0.5, 0.6) is 0 Å². The van der Waals surface area contributed by atoms with E-state index < -0.39 is 39.5 Å². The summed E-state index contributed by atoms with van der Waals surface area (Å²) in [5, 5.41) is 0. The van der Waals surface area contributed by atoms with Crippen LogP contribution in [0, 0.1) is 20.5 Å². The molecule has 1 aliphatic rings. The molecule has 124 valence electrons. The first-order valence-corrected chi connectivity index (χ1v) is 12.6. The third-order valence-electron chi connectivity index (χ3n) is 2.98. The van der Waals surface area contributed by atoms with Gasteiger partial charge < -0.3 is 0 Å². The molecule has 0 amide bonds.